The summed E-state index contributed by atoms with van der Waals surface area (Å²) in [5, 5.41) is 18.4. The number of carbonyl (C=O) groups is 1. The lowest BCUT2D eigenvalue weighted by Gasteiger charge is -2.17. The second-order valence-corrected chi connectivity index (χ2v) is 4.59. The molecule has 1 aromatic rings. The van der Waals surface area contributed by atoms with Crippen LogP contribution in [0.15, 0.2) is 18.2 Å². The minimum atomic E-state index is -0.0153. The van der Waals surface area contributed by atoms with Crippen molar-refractivity contribution >= 4 is 5.91 Å². The molecule has 1 amide bonds. The number of carbonyl (C=O) groups excluding carboxylic acids is 1. The molecule has 17 heavy (non-hydrogen) atoms. The minimum Gasteiger partial charge on any atom is -0.508 e. The predicted molar refractivity (Wildman–Crippen MR) is 63.9 cm³/mol. The highest BCUT2D eigenvalue weighted by atomic mass is 16.3. The Morgan fingerprint density at radius 2 is 2.29 bits per heavy atom. The largest absolute Gasteiger partial charge is 0.508 e. The van der Waals surface area contributed by atoms with Gasteiger partial charge in [0, 0.05) is 31.2 Å². The standard InChI is InChI=1S/C13H17NO3/c1-9-6-11(16)2-3-12(9)13(17)14-5-4-10(7-14)8-15/h2-3,6,10,15-16H,4-5,7-8H2,1H3. The van der Waals surface area contributed by atoms with E-state index in [1.165, 1.54) is 6.07 Å². The quantitative estimate of drug-likeness (QED) is 0.808. The average molecular weight is 235 g/mol. The zero-order chi connectivity index (χ0) is 12.4. The second kappa shape index (κ2) is 4.75. The average Bonchev–Trinajstić information content (AvgIpc) is 2.76. The van der Waals surface area contributed by atoms with Crippen LogP contribution in [-0.2, 0) is 0 Å². The first kappa shape index (κ1) is 11.9. The summed E-state index contributed by atoms with van der Waals surface area (Å²) in [6.45, 7) is 3.27. The van der Waals surface area contributed by atoms with Gasteiger partial charge in [0.1, 0.15) is 5.75 Å². The molecule has 4 nitrogen and oxygen atoms in total. The molecule has 2 N–H and O–H groups in total. The third-order valence-electron chi connectivity index (χ3n) is 3.27. The molecule has 1 aliphatic rings. The van der Waals surface area contributed by atoms with E-state index in [2.05, 4.69) is 0 Å². The van der Waals surface area contributed by atoms with Gasteiger partial charge in [-0.15, -0.1) is 0 Å². The molecule has 1 heterocycles. The summed E-state index contributed by atoms with van der Waals surface area (Å²) in [7, 11) is 0. The molecule has 0 radical (unpaired) electrons. The van der Waals surface area contributed by atoms with Gasteiger partial charge in [-0.25, -0.2) is 0 Å². The minimum absolute atomic E-state index is 0.0153. The lowest BCUT2D eigenvalue weighted by molar-refractivity contribution is 0.0781. The van der Waals surface area contributed by atoms with E-state index in [4.69, 9.17) is 5.11 Å². The van der Waals surface area contributed by atoms with Gasteiger partial charge in [-0.05, 0) is 37.1 Å². The van der Waals surface area contributed by atoms with Gasteiger partial charge < -0.3 is 15.1 Å². The summed E-state index contributed by atoms with van der Waals surface area (Å²) < 4.78 is 0. The third-order valence-corrected chi connectivity index (χ3v) is 3.27. The number of phenolic OH excluding ortho intramolecular Hbond substituents is 1. The highest BCUT2D eigenvalue weighted by Gasteiger charge is 2.27. The van der Waals surface area contributed by atoms with E-state index in [9.17, 15) is 9.90 Å². The molecule has 0 saturated carbocycles. The summed E-state index contributed by atoms with van der Waals surface area (Å²) in [4.78, 5) is 14.0. The fraction of sp³-hybridized carbons (Fsp3) is 0.462. The number of aliphatic hydroxyl groups is 1. The Kier molecular flexibility index (Phi) is 3.33. The molecule has 0 bridgehead atoms. The number of aromatic hydroxyl groups is 1. The van der Waals surface area contributed by atoms with Crippen molar-refractivity contribution in [2.75, 3.05) is 19.7 Å². The number of rotatable bonds is 2. The van der Waals surface area contributed by atoms with Crippen molar-refractivity contribution < 1.29 is 15.0 Å². The van der Waals surface area contributed by atoms with E-state index < -0.39 is 0 Å². The van der Waals surface area contributed by atoms with Crippen LogP contribution < -0.4 is 0 Å². The number of nitrogens with zero attached hydrogens (tertiary/aromatic N) is 1. The smallest absolute Gasteiger partial charge is 0.254 e. The maximum absolute atomic E-state index is 12.2. The Hall–Kier alpha value is -1.55. The van der Waals surface area contributed by atoms with E-state index in [0.29, 0.717) is 18.7 Å². The SMILES string of the molecule is Cc1cc(O)ccc1C(=O)N1CCC(CO)C1. The van der Waals surface area contributed by atoms with Crippen LogP contribution in [0.2, 0.25) is 0 Å². The van der Waals surface area contributed by atoms with E-state index in [-0.39, 0.29) is 24.2 Å². The molecule has 1 atom stereocenters. The Morgan fingerprint density at radius 3 is 2.88 bits per heavy atom. The van der Waals surface area contributed by atoms with Crippen LogP contribution in [0.25, 0.3) is 0 Å². The number of hydrogen-bond acceptors (Lipinski definition) is 3. The summed E-state index contributed by atoms with van der Waals surface area (Å²) >= 11 is 0. The number of hydrogen-bond donors (Lipinski definition) is 2. The van der Waals surface area contributed by atoms with Crippen LogP contribution in [0.4, 0.5) is 0 Å². The molecular formula is C13H17NO3. The lowest BCUT2D eigenvalue weighted by Crippen LogP contribution is -2.29. The van der Waals surface area contributed by atoms with Crippen LogP contribution in [0, 0.1) is 12.8 Å². The van der Waals surface area contributed by atoms with Gasteiger partial charge in [0.15, 0.2) is 0 Å². The topological polar surface area (TPSA) is 60.8 Å². The first-order valence-corrected chi connectivity index (χ1v) is 5.81. The number of likely N-dealkylation sites (tertiary alicyclic amines) is 1. The maximum atomic E-state index is 12.2. The summed E-state index contributed by atoms with van der Waals surface area (Å²) in [5.41, 5.74) is 1.41. The van der Waals surface area contributed by atoms with Crippen LogP contribution in [0.5, 0.6) is 5.75 Å². The monoisotopic (exact) mass is 235 g/mol. The molecular weight excluding hydrogens is 218 g/mol. The molecule has 92 valence electrons. The number of benzene rings is 1. The third kappa shape index (κ3) is 2.42. The molecule has 1 fully saturated rings. The highest BCUT2D eigenvalue weighted by Crippen LogP contribution is 2.21. The van der Waals surface area contributed by atoms with E-state index in [1.54, 1.807) is 17.0 Å². The van der Waals surface area contributed by atoms with Crippen LogP contribution in [0.3, 0.4) is 0 Å². The molecule has 1 unspecified atom stereocenters. The van der Waals surface area contributed by atoms with E-state index in [0.717, 1.165) is 12.0 Å². The highest BCUT2D eigenvalue weighted by molar-refractivity contribution is 5.96. The molecule has 2 rings (SSSR count). The van der Waals surface area contributed by atoms with Crippen LogP contribution in [0.1, 0.15) is 22.3 Å². The molecule has 1 saturated heterocycles. The van der Waals surface area contributed by atoms with Gasteiger partial charge in [-0.3, -0.25) is 4.79 Å². The number of aliphatic hydroxyl groups excluding tert-OH is 1. The first-order valence-electron chi connectivity index (χ1n) is 5.81. The van der Waals surface area contributed by atoms with Crippen molar-refractivity contribution in [2.45, 2.75) is 13.3 Å². The lowest BCUT2D eigenvalue weighted by atomic mass is 10.1. The normalized spacial score (nSPS) is 19.6. The molecule has 1 aromatic carbocycles. The fourth-order valence-corrected chi connectivity index (χ4v) is 2.22. The zero-order valence-electron chi connectivity index (χ0n) is 9.89. The Bertz CT molecular complexity index is 431. The Labute approximate surface area is 100 Å². The van der Waals surface area contributed by atoms with Gasteiger partial charge >= 0.3 is 0 Å². The van der Waals surface area contributed by atoms with Gasteiger partial charge in [0.2, 0.25) is 0 Å². The maximum Gasteiger partial charge on any atom is 0.254 e. The van der Waals surface area contributed by atoms with E-state index in [1.807, 2.05) is 6.92 Å². The van der Waals surface area contributed by atoms with Gasteiger partial charge in [0.05, 0.1) is 0 Å². The number of amides is 1. The zero-order valence-corrected chi connectivity index (χ0v) is 9.89. The first-order chi connectivity index (χ1) is 8.11. The van der Waals surface area contributed by atoms with Crippen LogP contribution in [-0.4, -0.2) is 40.7 Å². The second-order valence-electron chi connectivity index (χ2n) is 4.59. The van der Waals surface area contributed by atoms with Gasteiger partial charge in [0.25, 0.3) is 5.91 Å². The van der Waals surface area contributed by atoms with Crippen LogP contribution >= 0.6 is 0 Å². The molecule has 4 heteroatoms. The predicted octanol–water partition coefficient (Wildman–Crippen LogP) is 1.16. The number of aryl methyl sites for hydroxylation is 1. The summed E-state index contributed by atoms with van der Waals surface area (Å²) in [5.74, 6) is 0.364. The summed E-state index contributed by atoms with van der Waals surface area (Å²) in [6, 6.07) is 4.77. The van der Waals surface area contributed by atoms with Crippen molar-refractivity contribution in [3.63, 3.8) is 0 Å². The van der Waals surface area contributed by atoms with Crippen molar-refractivity contribution in [1.29, 1.82) is 0 Å². The molecule has 0 spiro atoms. The van der Waals surface area contributed by atoms with Crippen molar-refractivity contribution in [3.8, 4) is 5.75 Å². The molecule has 0 aromatic heterocycles. The summed E-state index contributed by atoms with van der Waals surface area (Å²) in [6.07, 6.45) is 0.860. The fourth-order valence-electron chi connectivity index (χ4n) is 2.22. The van der Waals surface area contributed by atoms with Gasteiger partial charge in [-0.1, -0.05) is 0 Å². The van der Waals surface area contributed by atoms with Crippen molar-refractivity contribution in [2.24, 2.45) is 5.92 Å². The Balaban J connectivity index is 2.15. The van der Waals surface area contributed by atoms with Gasteiger partial charge in [-0.2, -0.15) is 0 Å². The Morgan fingerprint density at radius 1 is 1.53 bits per heavy atom. The van der Waals surface area contributed by atoms with E-state index >= 15 is 0 Å². The molecule has 1 aliphatic heterocycles. The van der Waals surface area contributed by atoms with Crippen molar-refractivity contribution in [1.82, 2.24) is 4.90 Å². The number of phenols is 1. The molecule has 0 aliphatic carbocycles. The van der Waals surface area contributed by atoms with Crippen molar-refractivity contribution in [3.05, 3.63) is 29.3 Å².